The lowest BCUT2D eigenvalue weighted by Gasteiger charge is -2.43. The fourth-order valence-corrected chi connectivity index (χ4v) is 6.76. The first-order valence-electron chi connectivity index (χ1n) is 15.5. The van der Waals surface area contributed by atoms with E-state index in [4.69, 9.17) is 13.6 Å². The monoisotopic (exact) mass is 624 g/mol. The SMILES string of the molecule is CC(C)(C)OC(=O)N[C@H](CO[Si](C)(C)C(C)(C)C)[C@H](O[Si](C)(C)C(C)(C)C)c1cn(Cc2ccccc2)c2ccccc12. The van der Waals surface area contributed by atoms with Gasteiger partial charge in [0.05, 0.1) is 18.8 Å². The van der Waals surface area contributed by atoms with Crippen LogP contribution in [0.15, 0.2) is 60.8 Å². The van der Waals surface area contributed by atoms with Crippen LogP contribution < -0.4 is 5.32 Å². The molecule has 0 bridgehead atoms. The van der Waals surface area contributed by atoms with Gasteiger partial charge in [-0.25, -0.2) is 4.79 Å². The molecule has 3 aromatic rings. The van der Waals surface area contributed by atoms with E-state index in [9.17, 15) is 4.79 Å². The van der Waals surface area contributed by atoms with Gasteiger partial charge in [0.15, 0.2) is 16.6 Å². The van der Waals surface area contributed by atoms with E-state index in [1.807, 2.05) is 26.8 Å². The Kier molecular flexibility index (Phi) is 10.5. The minimum Gasteiger partial charge on any atom is -0.444 e. The van der Waals surface area contributed by atoms with Gasteiger partial charge in [-0.15, -0.1) is 0 Å². The van der Waals surface area contributed by atoms with E-state index in [0.29, 0.717) is 6.61 Å². The molecule has 1 N–H and O–H groups in total. The summed E-state index contributed by atoms with van der Waals surface area (Å²) < 4.78 is 22.2. The number of fused-ring (bicyclic) bond motifs is 1. The van der Waals surface area contributed by atoms with Crippen LogP contribution in [0.25, 0.3) is 10.9 Å². The van der Waals surface area contributed by atoms with Gasteiger partial charge in [0, 0.05) is 29.2 Å². The van der Waals surface area contributed by atoms with Crippen molar-refractivity contribution >= 4 is 33.6 Å². The Hall–Kier alpha value is -2.40. The fourth-order valence-electron chi connectivity index (χ4n) is 4.45. The number of hydrogen-bond donors (Lipinski definition) is 1. The maximum Gasteiger partial charge on any atom is 0.408 e. The molecule has 43 heavy (non-hydrogen) atoms. The Morgan fingerprint density at radius 2 is 1.37 bits per heavy atom. The highest BCUT2D eigenvalue weighted by atomic mass is 28.4. The van der Waals surface area contributed by atoms with Gasteiger partial charge in [0.1, 0.15) is 5.60 Å². The van der Waals surface area contributed by atoms with Crippen molar-refractivity contribution in [3.63, 3.8) is 0 Å². The molecule has 0 saturated carbocycles. The third-order valence-electron chi connectivity index (χ3n) is 9.05. The molecule has 8 heteroatoms. The number of carbonyl (C=O) groups excluding carboxylic acids is 1. The zero-order valence-electron chi connectivity index (χ0n) is 28.9. The topological polar surface area (TPSA) is 61.7 Å². The van der Waals surface area contributed by atoms with Gasteiger partial charge in [-0.05, 0) is 68.7 Å². The largest absolute Gasteiger partial charge is 0.444 e. The van der Waals surface area contributed by atoms with Crippen molar-refractivity contribution in [3.05, 3.63) is 71.9 Å². The maximum atomic E-state index is 13.4. The Morgan fingerprint density at radius 3 is 1.93 bits per heavy atom. The normalized spacial score (nSPS) is 14.9. The van der Waals surface area contributed by atoms with Crippen molar-refractivity contribution in [3.8, 4) is 0 Å². The predicted molar refractivity (Wildman–Crippen MR) is 185 cm³/mol. The highest BCUT2D eigenvalue weighted by Gasteiger charge is 2.44. The Labute approximate surface area is 262 Å². The molecular formula is C35H56N2O4Si2. The molecule has 0 aliphatic rings. The second-order valence-corrected chi connectivity index (χ2v) is 25.4. The van der Waals surface area contributed by atoms with Crippen molar-refractivity contribution in [1.82, 2.24) is 9.88 Å². The fraction of sp³-hybridized carbons (Fsp3) is 0.571. The smallest absolute Gasteiger partial charge is 0.408 e. The number of nitrogens with one attached hydrogen (secondary N) is 1. The number of amides is 1. The number of ether oxygens (including phenoxy) is 1. The van der Waals surface area contributed by atoms with E-state index < -0.39 is 40.5 Å². The summed E-state index contributed by atoms with van der Waals surface area (Å²) in [5.74, 6) is 0. The Bertz CT molecular complexity index is 1360. The van der Waals surface area contributed by atoms with E-state index in [1.165, 1.54) is 5.56 Å². The quantitative estimate of drug-likeness (QED) is 0.228. The molecule has 3 rings (SSSR count). The molecule has 0 aliphatic carbocycles. The molecule has 0 unspecified atom stereocenters. The standard InChI is InChI=1S/C35H56N2O4Si2/c1-33(2,3)40-32(38)36-29(25-39-42(10,11)34(4,5)6)31(41-43(12,13)35(7,8)9)28-24-37(23-26-19-15-14-16-20-26)30-22-18-17-21-27(28)30/h14-22,24,29,31H,23,25H2,1-13H3,(H,36,38)/t29-,31-/m1/s1. The number of nitrogens with zero attached hydrogens (tertiary/aromatic N) is 1. The zero-order chi connectivity index (χ0) is 32.4. The number of hydrogen-bond acceptors (Lipinski definition) is 4. The van der Waals surface area contributed by atoms with Crippen molar-refractivity contribution < 1.29 is 18.4 Å². The molecule has 1 heterocycles. The highest BCUT2D eigenvalue weighted by molar-refractivity contribution is 6.74. The van der Waals surface area contributed by atoms with Crippen molar-refractivity contribution in [2.45, 2.75) is 123 Å². The van der Waals surface area contributed by atoms with Crippen LogP contribution in [0.3, 0.4) is 0 Å². The highest BCUT2D eigenvalue weighted by Crippen LogP contribution is 2.43. The summed E-state index contributed by atoms with van der Waals surface area (Å²) in [5, 5.41) is 4.32. The number of carbonyl (C=O) groups is 1. The molecule has 0 radical (unpaired) electrons. The average molecular weight is 625 g/mol. The molecule has 238 valence electrons. The van der Waals surface area contributed by atoms with Gasteiger partial charge in [-0.1, -0.05) is 90.1 Å². The summed E-state index contributed by atoms with van der Waals surface area (Å²) in [4.78, 5) is 13.4. The lowest BCUT2D eigenvalue weighted by atomic mass is 10.0. The Morgan fingerprint density at radius 1 is 0.814 bits per heavy atom. The first-order valence-corrected chi connectivity index (χ1v) is 21.4. The molecule has 0 aliphatic heterocycles. The van der Waals surface area contributed by atoms with Crippen molar-refractivity contribution in [2.24, 2.45) is 0 Å². The van der Waals surface area contributed by atoms with Gasteiger partial charge in [0.25, 0.3) is 0 Å². The maximum absolute atomic E-state index is 13.4. The summed E-state index contributed by atoms with van der Waals surface area (Å²) in [6, 6.07) is 18.5. The minimum atomic E-state index is -2.32. The molecule has 0 fully saturated rings. The van der Waals surface area contributed by atoms with Crippen molar-refractivity contribution in [1.29, 1.82) is 0 Å². The van der Waals surface area contributed by atoms with Crippen LogP contribution in [0.4, 0.5) is 4.79 Å². The number of benzene rings is 2. The minimum absolute atomic E-state index is 0.0188. The molecule has 2 aromatic carbocycles. The third-order valence-corrected chi connectivity index (χ3v) is 18.0. The van der Waals surface area contributed by atoms with Crippen LogP contribution in [-0.4, -0.2) is 45.5 Å². The Balaban J connectivity index is 2.19. The lowest BCUT2D eigenvalue weighted by Crippen LogP contribution is -2.52. The molecule has 0 spiro atoms. The summed E-state index contributed by atoms with van der Waals surface area (Å²) in [5.41, 5.74) is 2.78. The molecule has 6 nitrogen and oxygen atoms in total. The molecule has 2 atom stereocenters. The second kappa shape index (κ2) is 12.9. The van der Waals surface area contributed by atoms with E-state index in [0.717, 1.165) is 23.0 Å². The summed E-state index contributed by atoms with van der Waals surface area (Å²) >= 11 is 0. The van der Waals surface area contributed by atoms with Gasteiger partial charge < -0.3 is 23.5 Å². The van der Waals surface area contributed by atoms with Crippen LogP contribution in [0.5, 0.6) is 0 Å². The van der Waals surface area contributed by atoms with Gasteiger partial charge in [0.2, 0.25) is 0 Å². The number of alkyl carbamates (subject to hydrolysis) is 1. The third kappa shape index (κ3) is 9.06. The first kappa shape index (κ1) is 35.1. The number of rotatable bonds is 10. The molecular weight excluding hydrogens is 569 g/mol. The van der Waals surface area contributed by atoms with Gasteiger partial charge >= 0.3 is 6.09 Å². The second-order valence-electron chi connectivity index (χ2n) is 15.8. The predicted octanol–water partition coefficient (Wildman–Crippen LogP) is 9.67. The van der Waals surface area contributed by atoms with Crippen LogP contribution in [0, 0.1) is 0 Å². The van der Waals surface area contributed by atoms with E-state index in [2.05, 4.69) is 132 Å². The molecule has 0 saturated heterocycles. The summed E-state index contributed by atoms with van der Waals surface area (Å²) in [7, 11) is -4.47. The number of aromatic nitrogens is 1. The van der Waals surface area contributed by atoms with Crippen LogP contribution in [-0.2, 0) is 20.1 Å². The van der Waals surface area contributed by atoms with E-state index in [1.54, 1.807) is 0 Å². The van der Waals surface area contributed by atoms with Crippen LogP contribution >= 0.6 is 0 Å². The molecule has 1 amide bonds. The van der Waals surface area contributed by atoms with Gasteiger partial charge in [-0.3, -0.25) is 0 Å². The lowest BCUT2D eigenvalue weighted by molar-refractivity contribution is 0.0377. The first-order chi connectivity index (χ1) is 19.6. The van der Waals surface area contributed by atoms with Crippen molar-refractivity contribution in [2.75, 3.05) is 6.61 Å². The average Bonchev–Trinajstić information content (AvgIpc) is 3.21. The number of para-hydroxylation sites is 1. The summed E-state index contributed by atoms with van der Waals surface area (Å²) in [6.45, 7) is 29.2. The zero-order valence-corrected chi connectivity index (χ0v) is 30.9. The van der Waals surface area contributed by atoms with E-state index >= 15 is 0 Å². The van der Waals surface area contributed by atoms with Gasteiger partial charge in [-0.2, -0.15) is 0 Å². The van der Waals surface area contributed by atoms with Crippen LogP contribution in [0.1, 0.15) is 79.5 Å². The molecule has 1 aromatic heterocycles. The van der Waals surface area contributed by atoms with Crippen LogP contribution in [0.2, 0.25) is 36.3 Å². The summed E-state index contributed by atoms with van der Waals surface area (Å²) in [6.07, 6.45) is 1.30. The van der Waals surface area contributed by atoms with E-state index in [-0.39, 0.29) is 10.1 Å².